The highest BCUT2D eigenvalue weighted by atomic mass is 16.7. The van der Waals surface area contributed by atoms with E-state index in [4.69, 9.17) is 18.9 Å². The zero-order valence-electron chi connectivity index (χ0n) is 67.3. The van der Waals surface area contributed by atoms with Crippen molar-refractivity contribution in [1.82, 2.24) is 0 Å². The Labute approximate surface area is 626 Å². The predicted molar refractivity (Wildman–Crippen MR) is 438 cm³/mol. The number of esters is 2. The van der Waals surface area contributed by atoms with Crippen molar-refractivity contribution in [3.05, 3.63) is 97.2 Å². The van der Waals surface area contributed by atoms with Crippen LogP contribution in [-0.4, -0.2) is 87.4 Å². The standard InChI is InChI=1S/C92H165NO8/c1-6-8-10-12-14-16-18-20-22-24-26-28-30-32-34-36-38-40-42-44-45-47-48-50-52-54-56-58-60-62-64-66-68-70-72-74-76-78-80-82-89(94)99-86-88(87-100-92(91(96)97)98-85-84-93(3,4)5)101-90(95)83-81-79-77-75-73-71-69-67-65-63-61-59-57-55-53-51-49-46-43-41-39-37-35-33-31-29-27-25-23-21-19-17-15-13-11-9-7-2/h9,11,15,17,21,23,27,29,33,35,39,41,46,49,53,55,88,92H,6-8,10,12-14,16,18-20,22,24-26,28,30-32,34,36-38,40,42-45,47-48,50-52,54,56-87H2,1-5H3/p+1/b11-9-,17-15-,23-21-,29-27-,35-33-,41-39-,49-46-,55-53-. The first-order chi connectivity index (χ1) is 49.6. The monoisotopic (exact) mass is 1410 g/mol. The molecular weight excluding hydrogens is 1250 g/mol. The molecule has 0 fully saturated rings. The molecular formula is C92H166NO8+. The number of carboxylic acid groups (broad SMARTS) is 1. The summed E-state index contributed by atoms with van der Waals surface area (Å²) < 4.78 is 23.1. The number of unbranched alkanes of at least 4 members (excludes halogenated alkanes) is 50. The number of allylic oxidation sites excluding steroid dienone is 16. The third-order valence-corrected chi connectivity index (χ3v) is 19.4. The second-order valence-electron chi connectivity index (χ2n) is 30.5. The number of hydrogen-bond acceptors (Lipinski definition) is 7. The molecule has 0 spiro atoms. The minimum absolute atomic E-state index is 0.182. The topological polar surface area (TPSA) is 108 Å². The Hall–Kier alpha value is -3.79. The molecule has 0 saturated heterocycles. The second-order valence-corrected chi connectivity index (χ2v) is 30.5. The van der Waals surface area contributed by atoms with Gasteiger partial charge in [-0.3, -0.25) is 9.59 Å². The van der Waals surface area contributed by atoms with Gasteiger partial charge in [-0.05, 0) is 77.0 Å². The van der Waals surface area contributed by atoms with E-state index in [2.05, 4.69) is 111 Å². The molecule has 0 heterocycles. The molecule has 0 rings (SSSR count). The summed E-state index contributed by atoms with van der Waals surface area (Å²) in [5.41, 5.74) is 0. The molecule has 9 nitrogen and oxygen atoms in total. The fourth-order valence-corrected chi connectivity index (χ4v) is 12.8. The maximum Gasteiger partial charge on any atom is 0.361 e. The van der Waals surface area contributed by atoms with E-state index in [9.17, 15) is 19.5 Å². The molecule has 0 saturated carbocycles. The van der Waals surface area contributed by atoms with Crippen LogP contribution in [0.15, 0.2) is 97.2 Å². The molecule has 0 aliphatic heterocycles. The van der Waals surface area contributed by atoms with E-state index in [1.165, 1.54) is 289 Å². The highest BCUT2D eigenvalue weighted by Gasteiger charge is 2.25. The molecule has 0 radical (unpaired) electrons. The van der Waals surface area contributed by atoms with Crippen molar-refractivity contribution in [3.63, 3.8) is 0 Å². The highest BCUT2D eigenvalue weighted by Crippen LogP contribution is 2.20. The Bertz CT molecular complexity index is 1990. The van der Waals surface area contributed by atoms with Crippen LogP contribution < -0.4 is 0 Å². The number of ether oxygens (including phenoxy) is 4. The summed E-state index contributed by atoms with van der Waals surface area (Å²) in [7, 11) is 5.99. The van der Waals surface area contributed by atoms with E-state index in [0.717, 1.165) is 96.3 Å². The summed E-state index contributed by atoms with van der Waals surface area (Å²) in [5, 5.41) is 9.79. The SMILES string of the molecule is CC/C=C\C/C=C\C/C=C\C/C=C\C/C=C\C/C=C\C/C=C\C/C=C\CCCCCCCCCCCCCCC(=O)OC(COC(=O)CCCCCCCCCCCCCCCCCCCCCCCCCCCCCCCCCCCCCCCCC)COC(OCC[N+](C)(C)C)C(=O)O. The number of hydrogen-bond donors (Lipinski definition) is 1. The van der Waals surface area contributed by atoms with Crippen molar-refractivity contribution in [2.24, 2.45) is 0 Å². The van der Waals surface area contributed by atoms with Gasteiger partial charge < -0.3 is 28.5 Å². The van der Waals surface area contributed by atoms with Gasteiger partial charge in [-0.2, -0.15) is 0 Å². The molecule has 2 unspecified atom stereocenters. The Kier molecular flexibility index (Phi) is 78.8. The molecule has 1 N–H and O–H groups in total. The molecule has 0 aromatic heterocycles. The first-order valence-corrected chi connectivity index (χ1v) is 43.4. The van der Waals surface area contributed by atoms with Crippen LogP contribution in [-0.2, 0) is 33.3 Å². The van der Waals surface area contributed by atoms with Crippen molar-refractivity contribution in [1.29, 1.82) is 0 Å². The van der Waals surface area contributed by atoms with E-state index < -0.39 is 24.3 Å². The predicted octanol–water partition coefficient (Wildman–Crippen LogP) is 28.3. The fraction of sp³-hybridized carbons (Fsp3) is 0.793. The number of carbonyl (C=O) groups excluding carboxylic acids is 2. The average Bonchev–Trinajstić information content (AvgIpc) is 1.25. The van der Waals surface area contributed by atoms with E-state index in [1.54, 1.807) is 0 Å². The lowest BCUT2D eigenvalue weighted by molar-refractivity contribution is -0.870. The Balaban J connectivity index is 3.97. The number of aliphatic carboxylic acids is 1. The van der Waals surface area contributed by atoms with Gasteiger partial charge in [0.1, 0.15) is 13.2 Å². The van der Waals surface area contributed by atoms with E-state index in [1.807, 2.05) is 21.1 Å². The van der Waals surface area contributed by atoms with E-state index in [-0.39, 0.29) is 32.2 Å². The van der Waals surface area contributed by atoms with Crippen LogP contribution in [0.5, 0.6) is 0 Å². The Morgan fingerprint density at radius 3 is 0.842 bits per heavy atom. The minimum Gasteiger partial charge on any atom is -0.477 e. The van der Waals surface area contributed by atoms with Crippen LogP contribution >= 0.6 is 0 Å². The number of rotatable bonds is 81. The number of quaternary nitrogens is 1. The normalized spacial score (nSPS) is 13.1. The largest absolute Gasteiger partial charge is 0.477 e. The van der Waals surface area contributed by atoms with Crippen LogP contribution in [0.25, 0.3) is 0 Å². The van der Waals surface area contributed by atoms with Gasteiger partial charge in [0.25, 0.3) is 6.29 Å². The molecule has 586 valence electrons. The molecule has 101 heavy (non-hydrogen) atoms. The molecule has 0 aromatic carbocycles. The van der Waals surface area contributed by atoms with Crippen molar-refractivity contribution in [3.8, 4) is 0 Å². The summed E-state index contributed by atoms with van der Waals surface area (Å²) in [6.45, 7) is 4.82. The fourth-order valence-electron chi connectivity index (χ4n) is 12.8. The molecule has 0 aliphatic carbocycles. The smallest absolute Gasteiger partial charge is 0.361 e. The summed E-state index contributed by atoms with van der Waals surface area (Å²) in [6.07, 6.45) is 112. The van der Waals surface area contributed by atoms with Crippen LogP contribution in [0.3, 0.4) is 0 Å². The number of carbonyl (C=O) groups is 3. The number of carboxylic acids is 1. The summed E-state index contributed by atoms with van der Waals surface area (Å²) in [6, 6.07) is 0. The Morgan fingerprint density at radius 2 is 0.564 bits per heavy atom. The van der Waals surface area contributed by atoms with Gasteiger partial charge in [-0.15, -0.1) is 0 Å². The second kappa shape index (κ2) is 81.9. The van der Waals surface area contributed by atoms with E-state index in [0.29, 0.717) is 17.4 Å². The first-order valence-electron chi connectivity index (χ1n) is 43.4. The molecule has 0 aromatic rings. The Morgan fingerprint density at radius 1 is 0.307 bits per heavy atom. The van der Waals surface area contributed by atoms with E-state index >= 15 is 0 Å². The van der Waals surface area contributed by atoms with Crippen molar-refractivity contribution < 1.29 is 42.9 Å². The zero-order valence-corrected chi connectivity index (χ0v) is 67.3. The lowest BCUT2D eigenvalue weighted by Crippen LogP contribution is -2.40. The lowest BCUT2D eigenvalue weighted by atomic mass is 10.0. The van der Waals surface area contributed by atoms with Gasteiger partial charge in [0, 0.05) is 12.8 Å². The van der Waals surface area contributed by atoms with Crippen LogP contribution in [0, 0.1) is 0 Å². The maximum atomic E-state index is 13.0. The van der Waals surface area contributed by atoms with Crippen molar-refractivity contribution in [2.45, 2.75) is 424 Å². The van der Waals surface area contributed by atoms with Gasteiger partial charge in [0.05, 0.1) is 34.4 Å². The quantitative estimate of drug-likeness (QED) is 0.0211. The summed E-state index contributed by atoms with van der Waals surface area (Å²) in [5.74, 6) is -1.99. The van der Waals surface area contributed by atoms with Crippen LogP contribution in [0.1, 0.15) is 412 Å². The third kappa shape index (κ3) is 83.4. The van der Waals surface area contributed by atoms with Gasteiger partial charge >= 0.3 is 17.9 Å². The molecule has 0 amide bonds. The molecule has 0 bridgehead atoms. The summed E-state index contributed by atoms with van der Waals surface area (Å²) >= 11 is 0. The maximum absolute atomic E-state index is 13.0. The van der Waals surface area contributed by atoms with Gasteiger partial charge in [-0.1, -0.05) is 419 Å². The van der Waals surface area contributed by atoms with Crippen LogP contribution in [0.2, 0.25) is 0 Å². The first kappa shape index (κ1) is 97.2. The van der Waals surface area contributed by atoms with Crippen LogP contribution in [0.4, 0.5) is 0 Å². The van der Waals surface area contributed by atoms with Gasteiger partial charge in [-0.25, -0.2) is 4.79 Å². The zero-order chi connectivity index (χ0) is 73.2. The third-order valence-electron chi connectivity index (χ3n) is 19.4. The van der Waals surface area contributed by atoms with Crippen molar-refractivity contribution >= 4 is 17.9 Å². The number of likely N-dealkylation sites (N-methyl/N-ethyl adjacent to an activating group) is 1. The number of nitrogens with zero attached hydrogens (tertiary/aromatic N) is 1. The van der Waals surface area contributed by atoms with Crippen molar-refractivity contribution in [2.75, 3.05) is 47.5 Å². The average molecular weight is 1410 g/mol. The minimum atomic E-state index is -1.52. The lowest BCUT2D eigenvalue weighted by Gasteiger charge is -2.25. The highest BCUT2D eigenvalue weighted by molar-refractivity contribution is 5.71. The molecule has 9 heteroatoms. The molecule has 0 aliphatic rings. The van der Waals surface area contributed by atoms with Gasteiger partial charge in [0.2, 0.25) is 0 Å². The molecule has 2 atom stereocenters. The summed E-state index contributed by atoms with van der Waals surface area (Å²) in [4.78, 5) is 37.8. The van der Waals surface area contributed by atoms with Gasteiger partial charge in [0.15, 0.2) is 6.10 Å².